The van der Waals surface area contributed by atoms with Crippen molar-refractivity contribution < 1.29 is 19.6 Å². The van der Waals surface area contributed by atoms with Gasteiger partial charge in [-0.1, -0.05) is 23.7 Å². The predicted octanol–water partition coefficient (Wildman–Crippen LogP) is 4.27. The number of non-ortho nitro benzene ring substituents is 1. The number of nitrogens with zero attached hydrogens (tertiary/aromatic N) is 3. The molecule has 1 N–H and O–H groups in total. The Bertz CT molecular complexity index is 1230. The molecule has 0 saturated carbocycles. The highest BCUT2D eigenvalue weighted by atomic mass is 35.5. The molecule has 4 rings (SSSR count). The Balaban J connectivity index is 1.93. The zero-order chi connectivity index (χ0) is 22.1. The van der Waals surface area contributed by atoms with Crippen LogP contribution in [0.5, 0.6) is 0 Å². The number of anilines is 1. The van der Waals surface area contributed by atoms with Crippen molar-refractivity contribution in [3.63, 3.8) is 0 Å². The van der Waals surface area contributed by atoms with Gasteiger partial charge in [-0.15, -0.1) is 0 Å². The lowest BCUT2D eigenvalue weighted by Gasteiger charge is -2.25. The van der Waals surface area contributed by atoms with Crippen LogP contribution in [-0.2, 0) is 9.59 Å². The quantitative estimate of drug-likeness (QED) is 0.215. The van der Waals surface area contributed by atoms with Gasteiger partial charge in [0.05, 0.1) is 16.5 Å². The Morgan fingerprint density at radius 1 is 1.06 bits per heavy atom. The minimum Gasteiger partial charge on any atom is -0.507 e. The van der Waals surface area contributed by atoms with Crippen LogP contribution < -0.4 is 4.90 Å². The van der Waals surface area contributed by atoms with Crippen molar-refractivity contribution in [1.29, 1.82) is 0 Å². The Hall–Kier alpha value is -4.04. The number of ketones is 1. The first-order valence-corrected chi connectivity index (χ1v) is 9.47. The molecule has 3 aromatic rings. The number of carbonyl (C=O) groups excluding carboxylic acids is 2. The van der Waals surface area contributed by atoms with Crippen LogP contribution in [0.25, 0.3) is 5.76 Å². The molecule has 1 fully saturated rings. The van der Waals surface area contributed by atoms with Crippen LogP contribution in [-0.4, -0.2) is 26.7 Å². The van der Waals surface area contributed by atoms with Gasteiger partial charge in [-0.05, 0) is 42.0 Å². The molecule has 1 amide bonds. The first-order valence-electron chi connectivity index (χ1n) is 9.10. The summed E-state index contributed by atoms with van der Waals surface area (Å²) in [5.41, 5.74) is 0.577. The molecule has 0 aliphatic carbocycles. The van der Waals surface area contributed by atoms with E-state index in [9.17, 15) is 24.8 Å². The number of rotatable bonds is 4. The van der Waals surface area contributed by atoms with Gasteiger partial charge in [-0.2, -0.15) is 0 Å². The van der Waals surface area contributed by atoms with E-state index in [1.807, 2.05) is 0 Å². The van der Waals surface area contributed by atoms with Gasteiger partial charge in [0.2, 0.25) is 0 Å². The second-order valence-corrected chi connectivity index (χ2v) is 7.17. The number of hydrogen-bond donors (Lipinski definition) is 1. The third kappa shape index (κ3) is 3.64. The summed E-state index contributed by atoms with van der Waals surface area (Å²) in [6.45, 7) is 0. The Morgan fingerprint density at radius 2 is 1.74 bits per heavy atom. The number of amides is 1. The van der Waals surface area contributed by atoms with Crippen molar-refractivity contribution in [1.82, 2.24) is 4.98 Å². The van der Waals surface area contributed by atoms with Gasteiger partial charge in [-0.3, -0.25) is 29.6 Å². The van der Waals surface area contributed by atoms with Crippen LogP contribution >= 0.6 is 11.6 Å². The van der Waals surface area contributed by atoms with Crippen LogP contribution in [0.15, 0.2) is 78.6 Å². The fourth-order valence-electron chi connectivity index (χ4n) is 3.48. The summed E-state index contributed by atoms with van der Waals surface area (Å²) in [5, 5.41) is 22.6. The number of hydrogen-bond acceptors (Lipinski definition) is 6. The number of aliphatic hydroxyl groups is 1. The number of pyridine rings is 1. The highest BCUT2D eigenvalue weighted by Gasteiger charge is 2.47. The SMILES string of the molecule is O=C1C(=O)N(c2ccc(Cl)cc2)C(c2ccncc2)/C1=C(/O)c1cccc([N+](=O)[O-])c1. The molecule has 2 heterocycles. The van der Waals surface area contributed by atoms with Crippen molar-refractivity contribution in [3.05, 3.63) is 105 Å². The van der Waals surface area contributed by atoms with Gasteiger partial charge in [0, 0.05) is 40.8 Å². The molecule has 1 saturated heterocycles. The lowest BCUT2D eigenvalue weighted by Crippen LogP contribution is -2.29. The van der Waals surface area contributed by atoms with E-state index in [1.165, 1.54) is 35.5 Å². The molecule has 1 unspecified atom stereocenters. The molecule has 0 radical (unpaired) electrons. The van der Waals surface area contributed by atoms with Crippen molar-refractivity contribution in [2.75, 3.05) is 4.90 Å². The molecule has 154 valence electrons. The Morgan fingerprint density at radius 3 is 2.39 bits per heavy atom. The molecule has 0 bridgehead atoms. The smallest absolute Gasteiger partial charge is 0.300 e. The van der Waals surface area contributed by atoms with E-state index in [1.54, 1.807) is 36.4 Å². The number of carbonyl (C=O) groups is 2. The van der Waals surface area contributed by atoms with Gasteiger partial charge >= 0.3 is 0 Å². The van der Waals surface area contributed by atoms with Crippen LogP contribution in [0.2, 0.25) is 5.02 Å². The number of Topliss-reactive ketones (excluding diaryl/α,β-unsaturated/α-hetero) is 1. The van der Waals surface area contributed by atoms with E-state index >= 15 is 0 Å². The Kier molecular flexibility index (Phi) is 5.22. The summed E-state index contributed by atoms with van der Waals surface area (Å²) < 4.78 is 0. The zero-order valence-electron chi connectivity index (χ0n) is 15.8. The highest BCUT2D eigenvalue weighted by Crippen LogP contribution is 2.42. The van der Waals surface area contributed by atoms with Crippen molar-refractivity contribution in [2.24, 2.45) is 0 Å². The first-order chi connectivity index (χ1) is 14.9. The first kappa shape index (κ1) is 20.2. The van der Waals surface area contributed by atoms with Gasteiger partial charge in [-0.25, -0.2) is 0 Å². The molecule has 1 aliphatic heterocycles. The average Bonchev–Trinajstić information content (AvgIpc) is 3.05. The maximum atomic E-state index is 13.0. The van der Waals surface area contributed by atoms with E-state index in [0.29, 0.717) is 16.3 Å². The number of benzene rings is 2. The van der Waals surface area contributed by atoms with E-state index in [4.69, 9.17) is 11.6 Å². The topological polar surface area (TPSA) is 114 Å². The third-order valence-electron chi connectivity index (χ3n) is 4.90. The van der Waals surface area contributed by atoms with Crippen molar-refractivity contribution >= 4 is 40.4 Å². The number of aliphatic hydroxyl groups excluding tert-OH is 1. The van der Waals surface area contributed by atoms with Gasteiger partial charge in [0.1, 0.15) is 5.76 Å². The Labute approximate surface area is 181 Å². The molecule has 8 nitrogen and oxygen atoms in total. The fourth-order valence-corrected chi connectivity index (χ4v) is 3.61. The highest BCUT2D eigenvalue weighted by molar-refractivity contribution is 6.51. The summed E-state index contributed by atoms with van der Waals surface area (Å²) in [6.07, 6.45) is 3.01. The largest absolute Gasteiger partial charge is 0.507 e. The summed E-state index contributed by atoms with van der Waals surface area (Å²) in [7, 11) is 0. The summed E-state index contributed by atoms with van der Waals surface area (Å²) in [4.78, 5) is 41.7. The van der Waals surface area contributed by atoms with Crippen LogP contribution in [0.4, 0.5) is 11.4 Å². The molecule has 1 aliphatic rings. The van der Waals surface area contributed by atoms with E-state index in [-0.39, 0.29) is 16.8 Å². The molecule has 1 atom stereocenters. The van der Waals surface area contributed by atoms with E-state index in [0.717, 1.165) is 6.07 Å². The second kappa shape index (κ2) is 8.00. The second-order valence-electron chi connectivity index (χ2n) is 6.73. The molecule has 0 spiro atoms. The summed E-state index contributed by atoms with van der Waals surface area (Å²) in [5.74, 6) is -2.24. The molecule has 1 aromatic heterocycles. The molecular formula is C22H14ClN3O5. The van der Waals surface area contributed by atoms with Crippen LogP contribution in [0, 0.1) is 10.1 Å². The fraction of sp³-hybridized carbons (Fsp3) is 0.0455. The lowest BCUT2D eigenvalue weighted by molar-refractivity contribution is -0.384. The third-order valence-corrected chi connectivity index (χ3v) is 5.15. The van der Waals surface area contributed by atoms with Gasteiger partial charge < -0.3 is 5.11 Å². The summed E-state index contributed by atoms with van der Waals surface area (Å²) in [6, 6.07) is 13.9. The maximum absolute atomic E-state index is 13.0. The average molecular weight is 436 g/mol. The predicted molar refractivity (Wildman–Crippen MR) is 114 cm³/mol. The van der Waals surface area contributed by atoms with Crippen LogP contribution in [0.1, 0.15) is 17.2 Å². The number of aromatic nitrogens is 1. The molecule has 9 heteroatoms. The standard InChI is InChI=1S/C22H14ClN3O5/c23-15-4-6-16(7-5-15)25-19(13-8-10-24-11-9-13)18(21(28)22(25)29)20(27)14-2-1-3-17(12-14)26(30)31/h1-12,19,27H/b20-18-. The van der Waals surface area contributed by atoms with Gasteiger partial charge in [0.15, 0.2) is 0 Å². The molecule has 2 aromatic carbocycles. The zero-order valence-corrected chi connectivity index (χ0v) is 16.6. The number of halogens is 1. The normalized spacial score (nSPS) is 17.7. The molecule has 31 heavy (non-hydrogen) atoms. The summed E-state index contributed by atoms with van der Waals surface area (Å²) >= 11 is 5.95. The monoisotopic (exact) mass is 435 g/mol. The lowest BCUT2D eigenvalue weighted by atomic mass is 9.95. The van der Waals surface area contributed by atoms with Gasteiger partial charge in [0.25, 0.3) is 17.4 Å². The number of nitro groups is 1. The maximum Gasteiger partial charge on any atom is 0.300 e. The van der Waals surface area contributed by atoms with E-state index < -0.39 is 28.4 Å². The van der Waals surface area contributed by atoms with Crippen molar-refractivity contribution in [2.45, 2.75) is 6.04 Å². The van der Waals surface area contributed by atoms with Crippen LogP contribution in [0.3, 0.4) is 0 Å². The minimum absolute atomic E-state index is 0.0577. The number of nitro benzene ring substituents is 1. The molecular weight excluding hydrogens is 422 g/mol. The van der Waals surface area contributed by atoms with Crippen molar-refractivity contribution in [3.8, 4) is 0 Å². The minimum atomic E-state index is -0.955. The van der Waals surface area contributed by atoms with E-state index in [2.05, 4.69) is 4.98 Å².